The minimum atomic E-state index is 0.576. The minimum Gasteiger partial charge on any atom is -0.384 e. The highest BCUT2D eigenvalue weighted by Crippen LogP contribution is 2.26. The SMILES string of the molecule is CSCC(C)NCc1cccc2c1NCC2. The molecule has 0 radical (unpaired) electrons. The van der Waals surface area contributed by atoms with Crippen LogP contribution >= 0.6 is 11.8 Å². The van der Waals surface area contributed by atoms with E-state index in [4.69, 9.17) is 0 Å². The summed E-state index contributed by atoms with van der Waals surface area (Å²) in [6, 6.07) is 7.19. The second kappa shape index (κ2) is 5.60. The summed E-state index contributed by atoms with van der Waals surface area (Å²) in [5.41, 5.74) is 4.24. The third-order valence-corrected chi connectivity index (χ3v) is 3.82. The van der Waals surface area contributed by atoms with Gasteiger partial charge in [0.2, 0.25) is 0 Å². The van der Waals surface area contributed by atoms with Crippen LogP contribution in [-0.4, -0.2) is 24.6 Å². The van der Waals surface area contributed by atoms with Crippen molar-refractivity contribution in [3.8, 4) is 0 Å². The predicted octanol–water partition coefficient (Wildman–Crippen LogP) is 2.50. The van der Waals surface area contributed by atoms with Gasteiger partial charge in [-0.05, 0) is 30.7 Å². The van der Waals surface area contributed by atoms with Crippen LogP contribution in [0.1, 0.15) is 18.1 Å². The molecule has 1 aliphatic rings. The Morgan fingerprint density at radius 2 is 2.38 bits per heavy atom. The van der Waals surface area contributed by atoms with Crippen LogP contribution in [-0.2, 0) is 13.0 Å². The van der Waals surface area contributed by atoms with Crippen molar-refractivity contribution in [1.82, 2.24) is 5.32 Å². The Labute approximate surface area is 102 Å². The van der Waals surface area contributed by atoms with Crippen LogP contribution in [0.15, 0.2) is 18.2 Å². The normalized spacial score (nSPS) is 15.6. The molecule has 3 heteroatoms. The van der Waals surface area contributed by atoms with E-state index in [1.807, 2.05) is 11.8 Å². The van der Waals surface area contributed by atoms with Crippen molar-refractivity contribution in [2.75, 3.05) is 23.9 Å². The lowest BCUT2D eigenvalue weighted by Gasteiger charge is -2.14. The molecule has 1 aromatic rings. The van der Waals surface area contributed by atoms with Gasteiger partial charge in [0.15, 0.2) is 0 Å². The van der Waals surface area contributed by atoms with E-state index < -0.39 is 0 Å². The molecule has 88 valence electrons. The molecule has 1 heterocycles. The molecule has 0 fully saturated rings. The molecule has 0 aromatic heterocycles. The Morgan fingerprint density at radius 1 is 1.50 bits per heavy atom. The maximum Gasteiger partial charge on any atom is 0.0419 e. The van der Waals surface area contributed by atoms with Crippen LogP contribution in [0.25, 0.3) is 0 Å². The topological polar surface area (TPSA) is 24.1 Å². The molecule has 1 aromatic carbocycles. The summed E-state index contributed by atoms with van der Waals surface area (Å²) in [6.45, 7) is 4.30. The first-order valence-corrected chi connectivity index (χ1v) is 7.27. The molecular formula is C13H20N2S. The Hall–Kier alpha value is -0.670. The first kappa shape index (κ1) is 11.8. The van der Waals surface area contributed by atoms with Gasteiger partial charge in [-0.3, -0.25) is 0 Å². The van der Waals surface area contributed by atoms with Crippen LogP contribution < -0.4 is 10.6 Å². The van der Waals surface area contributed by atoms with E-state index in [1.165, 1.54) is 29.0 Å². The van der Waals surface area contributed by atoms with Crippen LogP contribution in [0.2, 0.25) is 0 Å². The Kier molecular flexibility index (Phi) is 4.13. The molecule has 16 heavy (non-hydrogen) atoms. The van der Waals surface area contributed by atoms with Crippen molar-refractivity contribution in [3.63, 3.8) is 0 Å². The van der Waals surface area contributed by atoms with E-state index in [0.29, 0.717) is 6.04 Å². The number of para-hydroxylation sites is 1. The largest absolute Gasteiger partial charge is 0.384 e. The molecule has 0 spiro atoms. The molecule has 0 saturated carbocycles. The summed E-state index contributed by atoms with van der Waals surface area (Å²) < 4.78 is 0. The second-order valence-corrected chi connectivity index (χ2v) is 5.28. The summed E-state index contributed by atoms with van der Waals surface area (Å²) in [6.07, 6.45) is 3.32. The van der Waals surface area contributed by atoms with Crippen LogP contribution in [0.3, 0.4) is 0 Å². The molecule has 2 N–H and O–H groups in total. The number of fused-ring (bicyclic) bond motifs is 1. The van der Waals surface area contributed by atoms with Gasteiger partial charge in [-0.25, -0.2) is 0 Å². The Bertz CT molecular complexity index is 352. The van der Waals surface area contributed by atoms with Gasteiger partial charge >= 0.3 is 0 Å². The van der Waals surface area contributed by atoms with E-state index in [0.717, 1.165) is 13.1 Å². The van der Waals surface area contributed by atoms with E-state index >= 15 is 0 Å². The number of benzene rings is 1. The molecule has 2 rings (SSSR count). The quantitative estimate of drug-likeness (QED) is 0.821. The first-order valence-electron chi connectivity index (χ1n) is 5.88. The van der Waals surface area contributed by atoms with Crippen LogP contribution in [0.5, 0.6) is 0 Å². The summed E-state index contributed by atoms with van der Waals surface area (Å²) >= 11 is 1.89. The highest BCUT2D eigenvalue weighted by atomic mass is 32.2. The standard InChI is InChI=1S/C13H20N2S/c1-10(9-16-2)15-8-12-5-3-4-11-6-7-14-13(11)12/h3-5,10,14-15H,6-9H2,1-2H3. The van der Waals surface area contributed by atoms with Crippen molar-refractivity contribution in [3.05, 3.63) is 29.3 Å². The second-order valence-electron chi connectivity index (χ2n) is 4.37. The molecule has 0 bridgehead atoms. The van der Waals surface area contributed by atoms with Gasteiger partial charge in [0.1, 0.15) is 0 Å². The molecular weight excluding hydrogens is 216 g/mol. The highest BCUT2D eigenvalue weighted by Gasteiger charge is 2.13. The smallest absolute Gasteiger partial charge is 0.0419 e. The fourth-order valence-electron chi connectivity index (χ4n) is 2.15. The Balaban J connectivity index is 1.97. The zero-order chi connectivity index (χ0) is 11.4. The van der Waals surface area contributed by atoms with Crippen molar-refractivity contribution < 1.29 is 0 Å². The molecule has 0 aliphatic carbocycles. The average molecular weight is 236 g/mol. The van der Waals surface area contributed by atoms with Crippen molar-refractivity contribution in [2.45, 2.75) is 25.9 Å². The maximum absolute atomic E-state index is 3.57. The number of nitrogens with one attached hydrogen (secondary N) is 2. The van der Waals surface area contributed by atoms with Gasteiger partial charge in [0, 0.05) is 30.6 Å². The van der Waals surface area contributed by atoms with E-state index in [1.54, 1.807) is 0 Å². The summed E-state index contributed by atoms with van der Waals surface area (Å²) in [5.74, 6) is 1.17. The molecule has 1 atom stereocenters. The van der Waals surface area contributed by atoms with Gasteiger partial charge < -0.3 is 10.6 Å². The van der Waals surface area contributed by atoms with Crippen LogP contribution in [0.4, 0.5) is 5.69 Å². The number of thioether (sulfide) groups is 1. The van der Waals surface area contributed by atoms with E-state index in [9.17, 15) is 0 Å². The van der Waals surface area contributed by atoms with Gasteiger partial charge in [-0.15, -0.1) is 0 Å². The van der Waals surface area contributed by atoms with E-state index in [-0.39, 0.29) is 0 Å². The van der Waals surface area contributed by atoms with Gasteiger partial charge in [0.05, 0.1) is 0 Å². The molecule has 0 amide bonds. The lowest BCUT2D eigenvalue weighted by molar-refractivity contribution is 0.597. The molecule has 1 aliphatic heterocycles. The van der Waals surface area contributed by atoms with Gasteiger partial charge in [-0.2, -0.15) is 11.8 Å². The molecule has 1 unspecified atom stereocenters. The van der Waals surface area contributed by atoms with Gasteiger partial charge in [0.25, 0.3) is 0 Å². The molecule has 0 saturated heterocycles. The fraction of sp³-hybridized carbons (Fsp3) is 0.538. The van der Waals surface area contributed by atoms with Crippen molar-refractivity contribution >= 4 is 17.4 Å². The Morgan fingerprint density at radius 3 is 3.19 bits per heavy atom. The summed E-state index contributed by atoms with van der Waals surface area (Å²) in [7, 11) is 0. The van der Waals surface area contributed by atoms with Gasteiger partial charge in [-0.1, -0.05) is 18.2 Å². The lowest BCUT2D eigenvalue weighted by atomic mass is 10.1. The van der Waals surface area contributed by atoms with Crippen molar-refractivity contribution in [1.29, 1.82) is 0 Å². The zero-order valence-corrected chi connectivity index (χ0v) is 10.9. The number of hydrogen-bond acceptors (Lipinski definition) is 3. The van der Waals surface area contributed by atoms with Crippen molar-refractivity contribution in [2.24, 2.45) is 0 Å². The van der Waals surface area contributed by atoms with E-state index in [2.05, 4.69) is 42.0 Å². The maximum atomic E-state index is 3.57. The summed E-state index contributed by atoms with van der Waals surface area (Å²) in [5, 5.41) is 7.05. The average Bonchev–Trinajstić information content (AvgIpc) is 2.75. The highest BCUT2D eigenvalue weighted by molar-refractivity contribution is 7.98. The minimum absolute atomic E-state index is 0.576. The van der Waals surface area contributed by atoms with Crippen LogP contribution in [0, 0.1) is 0 Å². The summed E-state index contributed by atoms with van der Waals surface area (Å²) in [4.78, 5) is 0. The lowest BCUT2D eigenvalue weighted by Crippen LogP contribution is -2.27. The third-order valence-electron chi connectivity index (χ3n) is 2.99. The monoisotopic (exact) mass is 236 g/mol. The first-order chi connectivity index (χ1) is 7.81. The fourth-order valence-corrected chi connectivity index (χ4v) is 2.77. The number of hydrogen-bond donors (Lipinski definition) is 2. The molecule has 2 nitrogen and oxygen atoms in total. The number of anilines is 1. The third kappa shape index (κ3) is 2.71. The zero-order valence-electron chi connectivity index (χ0n) is 10.0. The number of rotatable bonds is 5. The predicted molar refractivity (Wildman–Crippen MR) is 73.3 cm³/mol.